The number of nitrogens with zero attached hydrogens (tertiary/aromatic N) is 5. The van der Waals surface area contributed by atoms with Gasteiger partial charge in [-0.05, 0) is 22.0 Å². The van der Waals surface area contributed by atoms with Gasteiger partial charge in [0.1, 0.15) is 22.9 Å². The molecule has 6 nitrogen and oxygen atoms in total. The van der Waals surface area contributed by atoms with E-state index in [9.17, 15) is 0 Å². The van der Waals surface area contributed by atoms with E-state index < -0.39 is 0 Å². The molecule has 1 unspecified atom stereocenters. The summed E-state index contributed by atoms with van der Waals surface area (Å²) in [5.41, 5.74) is 1.80. The van der Waals surface area contributed by atoms with Gasteiger partial charge in [-0.15, -0.1) is 0 Å². The highest BCUT2D eigenvalue weighted by Crippen LogP contribution is 2.34. The van der Waals surface area contributed by atoms with E-state index in [-0.39, 0.29) is 6.10 Å². The van der Waals surface area contributed by atoms with Gasteiger partial charge in [-0.2, -0.15) is 5.10 Å². The number of hydrogen-bond donors (Lipinski definition) is 0. The Morgan fingerprint density at radius 3 is 2.96 bits per heavy atom. The van der Waals surface area contributed by atoms with Crippen LogP contribution >= 0.6 is 27.5 Å². The van der Waals surface area contributed by atoms with Crippen LogP contribution in [-0.4, -0.2) is 39.4 Å². The van der Waals surface area contributed by atoms with Gasteiger partial charge >= 0.3 is 0 Å². The van der Waals surface area contributed by atoms with Crippen molar-refractivity contribution in [3.05, 3.63) is 45.8 Å². The summed E-state index contributed by atoms with van der Waals surface area (Å²) in [4.78, 5) is 11.0. The Kier molecular flexibility index (Phi) is 4.15. The van der Waals surface area contributed by atoms with Gasteiger partial charge in [0.15, 0.2) is 5.65 Å². The van der Waals surface area contributed by atoms with Crippen LogP contribution in [0, 0.1) is 0 Å². The number of aryl methyl sites for hydroxylation is 1. The molecule has 0 spiro atoms. The minimum atomic E-state index is -0.0899. The van der Waals surface area contributed by atoms with E-state index in [1.165, 1.54) is 0 Å². The van der Waals surface area contributed by atoms with E-state index in [0.717, 1.165) is 38.6 Å². The summed E-state index contributed by atoms with van der Waals surface area (Å²) >= 11 is 9.85. The molecule has 3 heterocycles. The van der Waals surface area contributed by atoms with Crippen LogP contribution < -0.4 is 4.90 Å². The fraction of sp³-hybridized carbons (Fsp3) is 0.312. The minimum Gasteiger partial charge on any atom is -0.370 e. The molecule has 1 atom stereocenters. The van der Waals surface area contributed by atoms with Gasteiger partial charge in [0.2, 0.25) is 0 Å². The highest BCUT2D eigenvalue weighted by Gasteiger charge is 2.27. The molecular weight excluding hydrogens is 394 g/mol. The Labute approximate surface area is 152 Å². The lowest BCUT2D eigenvalue weighted by atomic mass is 10.1. The van der Waals surface area contributed by atoms with Crippen LogP contribution in [-0.2, 0) is 11.8 Å². The second-order valence-corrected chi connectivity index (χ2v) is 6.80. The number of ether oxygens (including phenoxy) is 1. The van der Waals surface area contributed by atoms with E-state index in [4.69, 9.17) is 16.3 Å². The summed E-state index contributed by atoms with van der Waals surface area (Å²) in [5, 5.41) is 6.03. The second kappa shape index (κ2) is 6.31. The molecule has 1 aliphatic heterocycles. The van der Waals surface area contributed by atoms with E-state index in [0.29, 0.717) is 13.2 Å². The maximum atomic E-state index is 6.33. The van der Waals surface area contributed by atoms with E-state index in [1.807, 2.05) is 31.3 Å². The molecular formula is C16H15BrClN5O. The normalized spacial score (nSPS) is 18.3. The summed E-state index contributed by atoms with van der Waals surface area (Å²) in [6, 6.07) is 7.79. The molecule has 0 aliphatic carbocycles. The Balaban J connectivity index is 1.72. The number of fused-ring (bicyclic) bond motifs is 1. The zero-order chi connectivity index (χ0) is 16.7. The van der Waals surface area contributed by atoms with Gasteiger partial charge in [-0.25, -0.2) is 14.6 Å². The third kappa shape index (κ3) is 2.66. The molecule has 8 heteroatoms. The van der Waals surface area contributed by atoms with Gasteiger partial charge in [0.05, 0.1) is 12.0 Å². The largest absolute Gasteiger partial charge is 0.370 e. The predicted molar refractivity (Wildman–Crippen MR) is 96.4 cm³/mol. The zero-order valence-corrected chi connectivity index (χ0v) is 15.3. The van der Waals surface area contributed by atoms with E-state index >= 15 is 0 Å². The van der Waals surface area contributed by atoms with Crippen molar-refractivity contribution in [2.24, 2.45) is 7.05 Å². The summed E-state index contributed by atoms with van der Waals surface area (Å²) in [7, 11) is 1.87. The van der Waals surface area contributed by atoms with Crippen LogP contribution in [0.1, 0.15) is 11.7 Å². The summed E-state index contributed by atoms with van der Waals surface area (Å²) in [6.45, 7) is 2.05. The highest BCUT2D eigenvalue weighted by molar-refractivity contribution is 9.10. The maximum absolute atomic E-state index is 6.33. The molecule has 0 saturated carbocycles. The van der Waals surface area contributed by atoms with Crippen molar-refractivity contribution in [1.82, 2.24) is 19.7 Å². The van der Waals surface area contributed by atoms with Crippen LogP contribution in [0.15, 0.2) is 35.2 Å². The lowest BCUT2D eigenvalue weighted by molar-refractivity contribution is 0.0397. The first-order valence-corrected chi connectivity index (χ1v) is 8.76. The summed E-state index contributed by atoms with van der Waals surface area (Å²) in [5.74, 6) is 0.861. The van der Waals surface area contributed by atoms with Gasteiger partial charge in [0, 0.05) is 30.7 Å². The van der Waals surface area contributed by atoms with Crippen molar-refractivity contribution in [3.63, 3.8) is 0 Å². The summed E-state index contributed by atoms with van der Waals surface area (Å²) in [6.07, 6.45) is 1.49. The molecule has 0 bridgehead atoms. The molecule has 4 rings (SSSR count). The van der Waals surface area contributed by atoms with E-state index in [1.54, 1.807) is 11.0 Å². The zero-order valence-electron chi connectivity index (χ0n) is 13.0. The fourth-order valence-electron chi connectivity index (χ4n) is 3.03. The molecule has 1 aromatic carbocycles. The van der Waals surface area contributed by atoms with Crippen molar-refractivity contribution < 1.29 is 4.74 Å². The van der Waals surface area contributed by atoms with Gasteiger partial charge in [-0.3, -0.25) is 0 Å². The fourth-order valence-corrected chi connectivity index (χ4v) is 3.88. The monoisotopic (exact) mass is 407 g/mol. The topological polar surface area (TPSA) is 56.1 Å². The number of anilines is 1. The Bertz CT molecular complexity index is 899. The van der Waals surface area contributed by atoms with Crippen LogP contribution in [0.5, 0.6) is 0 Å². The Morgan fingerprint density at radius 2 is 2.12 bits per heavy atom. The third-order valence-electron chi connectivity index (χ3n) is 4.18. The van der Waals surface area contributed by atoms with Gasteiger partial charge in [-0.1, -0.05) is 29.8 Å². The summed E-state index contributed by atoms with van der Waals surface area (Å²) < 4.78 is 8.44. The number of benzene rings is 1. The average Bonchev–Trinajstić information content (AvgIpc) is 2.90. The number of aromatic nitrogens is 4. The smallest absolute Gasteiger partial charge is 0.164 e. The van der Waals surface area contributed by atoms with Crippen LogP contribution in [0.3, 0.4) is 0 Å². The molecule has 124 valence electrons. The Morgan fingerprint density at radius 1 is 1.29 bits per heavy atom. The van der Waals surface area contributed by atoms with Crippen molar-refractivity contribution in [1.29, 1.82) is 0 Å². The second-order valence-electron chi connectivity index (χ2n) is 5.64. The Hall–Kier alpha value is -1.70. The predicted octanol–water partition coefficient (Wildman–Crippen LogP) is 3.36. The van der Waals surface area contributed by atoms with Gasteiger partial charge in [0.25, 0.3) is 0 Å². The highest BCUT2D eigenvalue weighted by atomic mass is 79.9. The lowest BCUT2D eigenvalue weighted by Crippen LogP contribution is -2.39. The molecule has 0 amide bonds. The van der Waals surface area contributed by atoms with Crippen LogP contribution in [0.2, 0.25) is 5.02 Å². The van der Waals surface area contributed by atoms with Crippen molar-refractivity contribution >= 4 is 44.4 Å². The van der Waals surface area contributed by atoms with Crippen LogP contribution in [0.4, 0.5) is 5.82 Å². The van der Waals surface area contributed by atoms with Crippen LogP contribution in [0.25, 0.3) is 11.0 Å². The van der Waals surface area contributed by atoms with Crippen molar-refractivity contribution in [2.45, 2.75) is 6.10 Å². The molecule has 24 heavy (non-hydrogen) atoms. The molecule has 0 N–H and O–H groups in total. The molecule has 1 aliphatic rings. The number of hydrogen-bond acceptors (Lipinski definition) is 5. The molecule has 0 radical (unpaired) electrons. The number of rotatable bonds is 2. The molecule has 1 fully saturated rings. The van der Waals surface area contributed by atoms with Crippen molar-refractivity contribution in [3.8, 4) is 0 Å². The average molecular weight is 409 g/mol. The first kappa shape index (κ1) is 15.8. The first-order chi connectivity index (χ1) is 11.6. The molecule has 3 aromatic rings. The number of halogens is 2. The number of morpholine rings is 1. The van der Waals surface area contributed by atoms with Crippen molar-refractivity contribution in [2.75, 3.05) is 24.6 Å². The molecule has 2 aromatic heterocycles. The standard InChI is InChI=1S/C16H15BrClN5O/c1-22-15-13(14(17)21-22)16(20-9-19-15)23-6-7-24-12(8-23)10-4-2-3-5-11(10)18/h2-5,9,12H,6-8H2,1H3. The van der Waals surface area contributed by atoms with Gasteiger partial charge < -0.3 is 9.64 Å². The van der Waals surface area contributed by atoms with E-state index in [2.05, 4.69) is 35.9 Å². The quantitative estimate of drug-likeness (QED) is 0.651. The third-order valence-corrected chi connectivity index (χ3v) is 5.08. The minimum absolute atomic E-state index is 0.0899. The SMILES string of the molecule is Cn1nc(Br)c2c(N3CCOC(c4ccccc4Cl)C3)ncnc21. The lowest BCUT2D eigenvalue weighted by Gasteiger charge is -2.34. The first-order valence-electron chi connectivity index (χ1n) is 7.59. The molecule has 1 saturated heterocycles. The maximum Gasteiger partial charge on any atom is 0.164 e.